The van der Waals surface area contributed by atoms with E-state index in [1.54, 1.807) is 0 Å². The van der Waals surface area contributed by atoms with Gasteiger partial charge in [-0.2, -0.15) is 0 Å². The van der Waals surface area contributed by atoms with Crippen LogP contribution in [0.3, 0.4) is 0 Å². The Kier molecular flexibility index (Phi) is 7.08. The van der Waals surface area contributed by atoms with Crippen LogP contribution in [0.25, 0.3) is 11.1 Å². The van der Waals surface area contributed by atoms with E-state index in [2.05, 4.69) is 105 Å². The average Bonchev–Trinajstić information content (AvgIpc) is 3.20. The molecule has 0 fully saturated rings. The Labute approximate surface area is 211 Å². The number of terminal acetylenes is 1. The molecule has 2 aliphatic rings. The maximum absolute atomic E-state index is 6.82. The fraction of sp³-hybridized carbons (Fsp3) is 0.333. The predicted octanol–water partition coefficient (Wildman–Crippen LogP) is 8.20. The molecule has 2 unspecified atom stereocenters. The first-order valence-electron chi connectivity index (χ1n) is 12.8. The summed E-state index contributed by atoms with van der Waals surface area (Å²) in [6.45, 7) is 13.6. The van der Waals surface area contributed by atoms with E-state index < -0.39 is 0 Å². The van der Waals surface area contributed by atoms with Gasteiger partial charge >= 0.3 is 0 Å². The first kappa shape index (κ1) is 24.7. The van der Waals surface area contributed by atoms with Gasteiger partial charge in [0.05, 0.1) is 17.9 Å². The molecule has 2 heteroatoms. The van der Waals surface area contributed by atoms with Crippen molar-refractivity contribution < 1.29 is 4.74 Å². The standard InChI is InChI=1S/C33H37NO/c1-8-17-30-32(35-31(12-5)29(11-4)34(30)22-9-2)24(7)33(23(6)10-3)27-20-15-13-18-25(27)26-19-14-16-21-28(26)33/h2,8,11-21,23-24H,10,22H2,1,3-7H3/b17-8-,29-11+,31-12+. The second kappa shape index (κ2) is 10.0. The predicted molar refractivity (Wildman–Crippen MR) is 147 cm³/mol. The first-order chi connectivity index (χ1) is 17.0. The highest BCUT2D eigenvalue weighted by molar-refractivity contribution is 5.81. The Bertz CT molecular complexity index is 1220. The van der Waals surface area contributed by atoms with Crippen molar-refractivity contribution in [1.29, 1.82) is 0 Å². The zero-order chi connectivity index (χ0) is 25.2. The van der Waals surface area contributed by atoms with Crippen LogP contribution in [0, 0.1) is 24.2 Å². The van der Waals surface area contributed by atoms with Crippen molar-refractivity contribution in [3.63, 3.8) is 0 Å². The zero-order valence-electron chi connectivity index (χ0n) is 21.9. The topological polar surface area (TPSA) is 12.5 Å². The van der Waals surface area contributed by atoms with E-state index in [0.29, 0.717) is 12.5 Å². The van der Waals surface area contributed by atoms with Gasteiger partial charge in [0.2, 0.25) is 0 Å². The van der Waals surface area contributed by atoms with E-state index in [-0.39, 0.29) is 11.3 Å². The van der Waals surface area contributed by atoms with Crippen LogP contribution in [0.5, 0.6) is 0 Å². The van der Waals surface area contributed by atoms with Gasteiger partial charge in [-0.15, -0.1) is 6.42 Å². The number of benzene rings is 2. The fourth-order valence-electron chi connectivity index (χ4n) is 6.28. The summed E-state index contributed by atoms with van der Waals surface area (Å²) in [4.78, 5) is 2.22. The molecule has 2 aromatic carbocycles. The highest BCUT2D eigenvalue weighted by Crippen LogP contribution is 2.59. The van der Waals surface area contributed by atoms with Gasteiger partial charge < -0.3 is 9.64 Å². The summed E-state index contributed by atoms with van der Waals surface area (Å²) in [6, 6.07) is 17.9. The van der Waals surface area contributed by atoms with Gasteiger partial charge in [0.1, 0.15) is 11.5 Å². The van der Waals surface area contributed by atoms with Gasteiger partial charge in [-0.25, -0.2) is 0 Å². The van der Waals surface area contributed by atoms with Gasteiger partial charge in [-0.3, -0.25) is 0 Å². The Morgan fingerprint density at radius 1 is 0.971 bits per heavy atom. The van der Waals surface area contributed by atoms with Crippen LogP contribution in [0.4, 0.5) is 0 Å². The van der Waals surface area contributed by atoms with Crippen molar-refractivity contribution in [3.8, 4) is 23.5 Å². The molecule has 0 amide bonds. The third-order valence-electron chi connectivity index (χ3n) is 7.92. The molecule has 0 saturated carbocycles. The van der Waals surface area contributed by atoms with Gasteiger partial charge in [0, 0.05) is 11.3 Å². The number of hydrogen-bond acceptors (Lipinski definition) is 2. The molecule has 4 rings (SSSR count). The van der Waals surface area contributed by atoms with Gasteiger partial charge in [0.15, 0.2) is 0 Å². The number of rotatable bonds is 6. The summed E-state index contributed by atoms with van der Waals surface area (Å²) in [6.07, 6.45) is 15.3. The van der Waals surface area contributed by atoms with Gasteiger partial charge in [-0.1, -0.05) is 93.8 Å². The molecule has 0 spiro atoms. The van der Waals surface area contributed by atoms with Crippen LogP contribution in [0.2, 0.25) is 0 Å². The summed E-state index contributed by atoms with van der Waals surface area (Å²) >= 11 is 0. The molecule has 1 aliphatic heterocycles. The highest BCUT2D eigenvalue weighted by Gasteiger charge is 2.52. The second-order valence-corrected chi connectivity index (χ2v) is 9.46. The third kappa shape index (κ3) is 3.66. The maximum Gasteiger partial charge on any atom is 0.146 e. The van der Waals surface area contributed by atoms with Crippen LogP contribution < -0.4 is 0 Å². The molecule has 2 nitrogen and oxygen atoms in total. The molecule has 1 heterocycles. The summed E-state index contributed by atoms with van der Waals surface area (Å²) in [5.74, 6) is 5.17. The molecule has 180 valence electrons. The molecule has 1 aliphatic carbocycles. The van der Waals surface area contributed by atoms with Crippen molar-refractivity contribution in [3.05, 3.63) is 107 Å². The number of fused-ring (bicyclic) bond motifs is 3. The molecule has 0 N–H and O–H groups in total. The molecular weight excluding hydrogens is 426 g/mol. The minimum Gasteiger partial charge on any atom is -0.457 e. The third-order valence-corrected chi connectivity index (χ3v) is 7.92. The summed E-state index contributed by atoms with van der Waals surface area (Å²) < 4.78 is 6.82. The molecule has 2 atom stereocenters. The largest absolute Gasteiger partial charge is 0.457 e. The first-order valence-corrected chi connectivity index (χ1v) is 12.8. The Morgan fingerprint density at radius 3 is 2.06 bits per heavy atom. The average molecular weight is 464 g/mol. The molecule has 35 heavy (non-hydrogen) atoms. The van der Waals surface area contributed by atoms with E-state index in [1.165, 1.54) is 22.3 Å². The smallest absolute Gasteiger partial charge is 0.146 e. The van der Waals surface area contributed by atoms with Crippen molar-refractivity contribution in [2.24, 2.45) is 11.8 Å². The molecule has 0 saturated heterocycles. The monoisotopic (exact) mass is 463 g/mol. The normalized spacial score (nSPS) is 20.5. The second-order valence-electron chi connectivity index (χ2n) is 9.46. The Morgan fingerprint density at radius 2 is 1.57 bits per heavy atom. The van der Waals surface area contributed by atoms with Gasteiger partial charge in [0.25, 0.3) is 0 Å². The molecular formula is C33H37NO. The minimum atomic E-state index is -0.224. The van der Waals surface area contributed by atoms with Crippen LogP contribution in [-0.2, 0) is 10.2 Å². The van der Waals surface area contributed by atoms with Crippen molar-refractivity contribution in [2.75, 3.05) is 6.54 Å². The van der Waals surface area contributed by atoms with E-state index in [9.17, 15) is 0 Å². The van der Waals surface area contributed by atoms with E-state index in [4.69, 9.17) is 11.2 Å². The minimum absolute atomic E-state index is 0.0714. The van der Waals surface area contributed by atoms with Crippen LogP contribution in [0.15, 0.2) is 95.7 Å². The van der Waals surface area contributed by atoms with Crippen LogP contribution in [0.1, 0.15) is 59.1 Å². The molecule has 2 aromatic rings. The number of hydrogen-bond donors (Lipinski definition) is 0. The molecule has 0 radical (unpaired) electrons. The summed E-state index contributed by atoms with van der Waals surface area (Å²) in [5.41, 5.74) is 7.28. The SMILES string of the molecule is C#CCN1C(/C=C\C)=C(C(C)C2(C(C)CC)c3ccccc3-c3ccccc32)OC(=C/C)/C1=C\C. The number of nitrogens with zero attached hydrogens (tertiary/aromatic N) is 1. The van der Waals surface area contributed by atoms with Crippen molar-refractivity contribution in [1.82, 2.24) is 4.90 Å². The van der Waals surface area contributed by atoms with Crippen LogP contribution >= 0.6 is 0 Å². The molecule has 0 aromatic heterocycles. The summed E-state index contributed by atoms with van der Waals surface area (Å²) in [5, 5.41) is 0. The number of ether oxygens (including phenoxy) is 1. The zero-order valence-corrected chi connectivity index (χ0v) is 21.9. The number of allylic oxidation sites excluding steroid dienone is 5. The lowest BCUT2D eigenvalue weighted by molar-refractivity contribution is 0.155. The van der Waals surface area contributed by atoms with Crippen LogP contribution in [-0.4, -0.2) is 11.4 Å². The lowest BCUT2D eigenvalue weighted by Crippen LogP contribution is -2.43. The van der Waals surface area contributed by atoms with Gasteiger partial charge in [-0.05, 0) is 61.1 Å². The van der Waals surface area contributed by atoms with E-state index in [1.807, 2.05) is 19.9 Å². The maximum atomic E-state index is 6.82. The van der Waals surface area contributed by atoms with E-state index >= 15 is 0 Å². The summed E-state index contributed by atoms with van der Waals surface area (Å²) in [7, 11) is 0. The Balaban J connectivity index is 2.06. The Hall–Kier alpha value is -3.44. The lowest BCUT2D eigenvalue weighted by Gasteiger charge is -2.46. The molecule has 0 bridgehead atoms. The van der Waals surface area contributed by atoms with Crippen molar-refractivity contribution in [2.45, 2.75) is 53.4 Å². The van der Waals surface area contributed by atoms with Crippen molar-refractivity contribution >= 4 is 0 Å². The van der Waals surface area contributed by atoms with E-state index in [0.717, 1.165) is 29.3 Å². The quantitative estimate of drug-likeness (QED) is 0.400. The highest BCUT2D eigenvalue weighted by atomic mass is 16.5. The lowest BCUT2D eigenvalue weighted by atomic mass is 9.60. The fourth-order valence-corrected chi connectivity index (χ4v) is 6.28.